The summed E-state index contributed by atoms with van der Waals surface area (Å²) in [6.45, 7) is 2.76. The molecule has 1 fully saturated rings. The average Bonchev–Trinajstić information content (AvgIpc) is 3.64. The van der Waals surface area contributed by atoms with Crippen LogP contribution in [0.1, 0.15) is 67.0 Å². The predicted octanol–water partition coefficient (Wildman–Crippen LogP) is 8.11. The maximum Gasteiger partial charge on any atom is 0.416 e. The predicted molar refractivity (Wildman–Crippen MR) is 123 cm³/mol. The minimum absolute atomic E-state index is 0.0103. The highest BCUT2D eigenvalue weighted by molar-refractivity contribution is 5.90. The molecule has 0 radical (unpaired) electrons. The summed E-state index contributed by atoms with van der Waals surface area (Å²) in [5.41, 5.74) is -4.13. The topological polar surface area (TPSA) is 41.6 Å². The highest BCUT2D eigenvalue weighted by atomic mass is 19.4. The molecule has 1 aliphatic heterocycles. The van der Waals surface area contributed by atoms with E-state index in [1.165, 1.54) is 4.90 Å². The molecule has 4 nitrogen and oxygen atoms in total. The summed E-state index contributed by atoms with van der Waals surface area (Å²) < 4.78 is 126. The molecule has 0 aromatic heterocycles. The van der Waals surface area contributed by atoms with E-state index in [-0.39, 0.29) is 35.2 Å². The van der Waals surface area contributed by atoms with Crippen LogP contribution in [-0.4, -0.2) is 18.2 Å². The van der Waals surface area contributed by atoms with Crippen LogP contribution in [0.5, 0.6) is 0 Å². The molecule has 13 heteroatoms. The van der Waals surface area contributed by atoms with Gasteiger partial charge in [-0.15, -0.1) is 0 Å². The second-order valence-electron chi connectivity index (χ2n) is 10.1. The standard InChI is InChI=1S/C26H25F9N2O2/c1-13(2)39-23(38)37-21-6-5-16(24(27,28)29)10-19(21)20(11-22(37)15-3-4-15)36-12-14-7-17(25(30,31)32)9-18(8-14)26(33,34)35/h5-10,13,15,20,22,36H,3-4,11-12H2,1-2H3/t20-,22-/m0/s1. The van der Waals surface area contributed by atoms with Crippen molar-refractivity contribution in [1.82, 2.24) is 5.32 Å². The van der Waals surface area contributed by atoms with Gasteiger partial charge in [-0.05, 0) is 86.6 Å². The fourth-order valence-electron chi connectivity index (χ4n) is 4.81. The summed E-state index contributed by atoms with van der Waals surface area (Å²) in [6, 6.07) is 2.60. The van der Waals surface area contributed by atoms with Gasteiger partial charge in [0.25, 0.3) is 0 Å². The lowest BCUT2D eigenvalue weighted by Crippen LogP contribution is -2.48. The summed E-state index contributed by atoms with van der Waals surface area (Å²) in [4.78, 5) is 14.3. The Balaban J connectivity index is 1.73. The molecule has 2 aromatic carbocycles. The Morgan fingerprint density at radius 2 is 1.46 bits per heavy atom. The maximum atomic E-state index is 13.6. The van der Waals surface area contributed by atoms with Crippen LogP contribution in [0.4, 0.5) is 50.0 Å². The molecule has 1 N–H and O–H groups in total. The smallest absolute Gasteiger partial charge is 0.416 e. The van der Waals surface area contributed by atoms with Crippen molar-refractivity contribution in [2.75, 3.05) is 4.90 Å². The van der Waals surface area contributed by atoms with Gasteiger partial charge in [-0.2, -0.15) is 39.5 Å². The summed E-state index contributed by atoms with van der Waals surface area (Å²) >= 11 is 0. The number of amides is 1. The van der Waals surface area contributed by atoms with E-state index in [1.807, 2.05) is 0 Å². The molecule has 214 valence electrons. The molecule has 1 heterocycles. The maximum absolute atomic E-state index is 13.6. The zero-order valence-corrected chi connectivity index (χ0v) is 20.8. The Bertz CT molecular complexity index is 1190. The highest BCUT2D eigenvalue weighted by Crippen LogP contribution is 2.48. The largest absolute Gasteiger partial charge is 0.446 e. The normalized spacial score (nSPS) is 20.3. The van der Waals surface area contributed by atoms with Gasteiger partial charge in [0.2, 0.25) is 0 Å². The second-order valence-corrected chi connectivity index (χ2v) is 10.1. The zero-order chi connectivity index (χ0) is 28.9. The fraction of sp³-hybridized carbons (Fsp3) is 0.500. The molecular formula is C26H25F9N2O2. The van der Waals surface area contributed by atoms with E-state index in [0.717, 1.165) is 31.0 Å². The SMILES string of the molecule is CC(C)OC(=O)N1c2ccc(C(F)(F)F)cc2[C@@H](NCc2cc(C(F)(F)F)cc(C(F)(F)F)c2)C[C@H]1C1CC1. The van der Waals surface area contributed by atoms with Gasteiger partial charge >= 0.3 is 24.6 Å². The van der Waals surface area contributed by atoms with Crippen LogP contribution in [0.2, 0.25) is 0 Å². The van der Waals surface area contributed by atoms with E-state index >= 15 is 0 Å². The Morgan fingerprint density at radius 1 is 0.897 bits per heavy atom. The van der Waals surface area contributed by atoms with Gasteiger partial charge in [-0.1, -0.05) is 0 Å². The molecule has 39 heavy (non-hydrogen) atoms. The van der Waals surface area contributed by atoms with Crippen molar-refractivity contribution in [3.05, 3.63) is 64.2 Å². The summed E-state index contributed by atoms with van der Waals surface area (Å²) in [6.07, 6.45) is -14.4. The quantitative estimate of drug-likeness (QED) is 0.371. The van der Waals surface area contributed by atoms with Gasteiger partial charge < -0.3 is 10.1 Å². The first-order valence-corrected chi connectivity index (χ1v) is 12.2. The molecule has 2 aromatic rings. The van der Waals surface area contributed by atoms with Crippen molar-refractivity contribution < 1.29 is 49.0 Å². The third-order valence-electron chi connectivity index (χ3n) is 6.70. The van der Waals surface area contributed by atoms with Gasteiger partial charge in [0.1, 0.15) is 0 Å². The summed E-state index contributed by atoms with van der Waals surface area (Å²) in [7, 11) is 0. The van der Waals surface area contributed by atoms with E-state index in [0.29, 0.717) is 12.1 Å². The molecule has 4 rings (SSSR count). The number of rotatable bonds is 5. The van der Waals surface area contributed by atoms with Crippen molar-refractivity contribution in [2.45, 2.75) is 76.4 Å². The lowest BCUT2D eigenvalue weighted by Gasteiger charge is -2.41. The highest BCUT2D eigenvalue weighted by Gasteiger charge is 2.46. The van der Waals surface area contributed by atoms with Crippen LogP contribution >= 0.6 is 0 Å². The molecule has 0 bridgehead atoms. The lowest BCUT2D eigenvalue weighted by molar-refractivity contribution is -0.143. The number of benzene rings is 2. The molecule has 2 aliphatic rings. The van der Waals surface area contributed by atoms with Crippen LogP contribution in [0.3, 0.4) is 0 Å². The Kier molecular flexibility index (Phi) is 7.61. The van der Waals surface area contributed by atoms with E-state index in [9.17, 15) is 44.3 Å². The number of ether oxygens (including phenoxy) is 1. The van der Waals surface area contributed by atoms with Crippen molar-refractivity contribution in [2.24, 2.45) is 5.92 Å². The molecule has 1 saturated carbocycles. The first kappa shape index (κ1) is 29.0. The molecule has 1 aliphatic carbocycles. The number of anilines is 1. The van der Waals surface area contributed by atoms with Crippen LogP contribution in [0.15, 0.2) is 36.4 Å². The van der Waals surface area contributed by atoms with E-state index in [2.05, 4.69) is 5.32 Å². The molecule has 0 saturated heterocycles. The van der Waals surface area contributed by atoms with Crippen molar-refractivity contribution in [3.63, 3.8) is 0 Å². The van der Waals surface area contributed by atoms with Crippen molar-refractivity contribution in [1.29, 1.82) is 0 Å². The third-order valence-corrected chi connectivity index (χ3v) is 6.70. The number of alkyl halides is 9. The van der Waals surface area contributed by atoms with Gasteiger partial charge in [-0.3, -0.25) is 4.90 Å². The van der Waals surface area contributed by atoms with Gasteiger partial charge in [0.15, 0.2) is 0 Å². The van der Waals surface area contributed by atoms with Gasteiger partial charge in [-0.25, -0.2) is 4.79 Å². The number of nitrogens with one attached hydrogen (secondary N) is 1. The number of hydrogen-bond donors (Lipinski definition) is 1. The van der Waals surface area contributed by atoms with E-state index in [1.54, 1.807) is 13.8 Å². The van der Waals surface area contributed by atoms with Gasteiger partial charge in [0.05, 0.1) is 28.5 Å². The van der Waals surface area contributed by atoms with Crippen LogP contribution < -0.4 is 10.2 Å². The Morgan fingerprint density at radius 3 is 1.95 bits per heavy atom. The summed E-state index contributed by atoms with van der Waals surface area (Å²) in [5, 5.41) is 2.86. The first-order chi connectivity index (χ1) is 17.9. The van der Waals surface area contributed by atoms with Gasteiger partial charge in [0, 0.05) is 18.6 Å². The minimum atomic E-state index is -5.04. The Hall–Kier alpha value is -2.96. The number of carbonyl (C=O) groups is 1. The average molecular weight is 568 g/mol. The molecule has 2 atom stereocenters. The summed E-state index contributed by atoms with van der Waals surface area (Å²) in [5.74, 6) is 0.0230. The van der Waals surface area contributed by atoms with Crippen LogP contribution in [0.25, 0.3) is 0 Å². The zero-order valence-electron chi connectivity index (χ0n) is 20.8. The van der Waals surface area contributed by atoms with Crippen LogP contribution in [-0.2, 0) is 29.8 Å². The lowest BCUT2D eigenvalue weighted by atomic mass is 9.87. The number of halogens is 9. The molecule has 0 spiro atoms. The van der Waals surface area contributed by atoms with Crippen molar-refractivity contribution >= 4 is 11.8 Å². The number of hydrogen-bond acceptors (Lipinski definition) is 3. The third kappa shape index (κ3) is 6.62. The monoisotopic (exact) mass is 568 g/mol. The number of nitrogens with zero attached hydrogens (tertiary/aromatic N) is 1. The van der Waals surface area contributed by atoms with Crippen molar-refractivity contribution in [3.8, 4) is 0 Å². The minimum Gasteiger partial charge on any atom is -0.446 e. The molecular weight excluding hydrogens is 543 g/mol. The molecule has 0 unspecified atom stereocenters. The van der Waals surface area contributed by atoms with E-state index in [4.69, 9.17) is 4.74 Å². The number of carbonyl (C=O) groups excluding carboxylic acids is 1. The van der Waals surface area contributed by atoms with Crippen LogP contribution in [0, 0.1) is 5.92 Å². The van der Waals surface area contributed by atoms with E-state index < -0.39 is 66.0 Å². The second kappa shape index (κ2) is 10.2. The first-order valence-electron chi connectivity index (χ1n) is 12.2. The number of fused-ring (bicyclic) bond motifs is 1. The molecule has 1 amide bonds. The Labute approximate surface area is 218 Å². The fourth-order valence-corrected chi connectivity index (χ4v) is 4.81.